The number of rotatable bonds is 6. The van der Waals surface area contributed by atoms with Crippen molar-refractivity contribution in [2.45, 2.75) is 26.3 Å². The van der Waals surface area contributed by atoms with Crippen LogP contribution in [0.3, 0.4) is 0 Å². The zero-order chi connectivity index (χ0) is 21.5. The second kappa shape index (κ2) is 10.2. The standard InChI is InChI=1S/C23H22Cl2N4O/c1-2-3-21(30)29-23(26)28-14-15-12-20(16-4-8-18(24)9-5-16)22(27-13-15)17-6-10-19(25)11-7-17/h4-13H,2-3,14H2,1H3,(H3,26,28,29,30). The van der Waals surface area contributed by atoms with Crippen LogP contribution in [0.5, 0.6) is 0 Å². The van der Waals surface area contributed by atoms with Gasteiger partial charge in [-0.05, 0) is 47.9 Å². The van der Waals surface area contributed by atoms with E-state index in [4.69, 9.17) is 28.9 Å². The highest BCUT2D eigenvalue weighted by atomic mass is 35.5. The molecule has 0 aliphatic rings. The number of nitrogens with zero attached hydrogens (tertiary/aromatic N) is 2. The molecule has 0 saturated carbocycles. The summed E-state index contributed by atoms with van der Waals surface area (Å²) in [6.45, 7) is 2.23. The number of carbonyl (C=O) groups excluding carboxylic acids is 1. The van der Waals surface area contributed by atoms with Crippen LogP contribution < -0.4 is 11.1 Å². The number of nitrogens with two attached hydrogens (primary N) is 1. The zero-order valence-electron chi connectivity index (χ0n) is 16.5. The Kier molecular flexibility index (Phi) is 7.44. The molecule has 0 unspecified atom stereocenters. The highest BCUT2D eigenvalue weighted by Gasteiger charge is 2.11. The normalized spacial score (nSPS) is 11.4. The number of hydrogen-bond acceptors (Lipinski definition) is 3. The van der Waals surface area contributed by atoms with Crippen LogP contribution in [0.2, 0.25) is 10.0 Å². The van der Waals surface area contributed by atoms with E-state index in [2.05, 4.69) is 15.3 Å². The van der Waals surface area contributed by atoms with Gasteiger partial charge in [-0.1, -0.05) is 54.4 Å². The van der Waals surface area contributed by atoms with E-state index in [-0.39, 0.29) is 11.9 Å². The predicted octanol–water partition coefficient (Wildman–Crippen LogP) is 5.45. The molecule has 1 amide bonds. The van der Waals surface area contributed by atoms with Crippen LogP contribution >= 0.6 is 23.2 Å². The number of benzene rings is 2. The lowest BCUT2D eigenvalue weighted by Gasteiger charge is -2.12. The Bertz CT molecular complexity index is 1050. The van der Waals surface area contributed by atoms with E-state index >= 15 is 0 Å². The Balaban J connectivity index is 1.93. The Morgan fingerprint density at radius 3 is 2.23 bits per heavy atom. The number of nitrogens with one attached hydrogen (secondary N) is 1. The second-order valence-electron chi connectivity index (χ2n) is 6.75. The van der Waals surface area contributed by atoms with Crippen LogP contribution in [0, 0.1) is 0 Å². The third-order valence-corrected chi connectivity index (χ3v) is 4.90. The van der Waals surface area contributed by atoms with Crippen LogP contribution in [0.4, 0.5) is 0 Å². The zero-order valence-corrected chi connectivity index (χ0v) is 18.0. The van der Waals surface area contributed by atoms with E-state index in [1.54, 1.807) is 6.20 Å². The minimum atomic E-state index is -0.142. The molecule has 1 heterocycles. The highest BCUT2D eigenvalue weighted by Crippen LogP contribution is 2.32. The summed E-state index contributed by atoms with van der Waals surface area (Å²) in [5.41, 5.74) is 10.4. The molecule has 5 nitrogen and oxygen atoms in total. The molecular weight excluding hydrogens is 419 g/mol. The maximum Gasteiger partial charge on any atom is 0.226 e. The van der Waals surface area contributed by atoms with Gasteiger partial charge >= 0.3 is 0 Å². The van der Waals surface area contributed by atoms with E-state index in [9.17, 15) is 4.79 Å². The van der Waals surface area contributed by atoms with Crippen molar-refractivity contribution in [3.05, 3.63) is 76.4 Å². The average Bonchev–Trinajstić information content (AvgIpc) is 2.73. The van der Waals surface area contributed by atoms with Gasteiger partial charge in [-0.2, -0.15) is 0 Å². The van der Waals surface area contributed by atoms with Gasteiger partial charge in [-0.15, -0.1) is 0 Å². The van der Waals surface area contributed by atoms with Crippen LogP contribution in [-0.4, -0.2) is 16.9 Å². The van der Waals surface area contributed by atoms with Crippen molar-refractivity contribution < 1.29 is 4.79 Å². The summed E-state index contributed by atoms with van der Waals surface area (Å²) in [4.78, 5) is 20.6. The topological polar surface area (TPSA) is 80.4 Å². The van der Waals surface area contributed by atoms with E-state index in [1.807, 2.05) is 61.5 Å². The lowest BCUT2D eigenvalue weighted by atomic mass is 9.98. The first kappa shape index (κ1) is 21.8. The van der Waals surface area contributed by atoms with Crippen molar-refractivity contribution in [2.24, 2.45) is 10.7 Å². The van der Waals surface area contributed by atoms with Gasteiger partial charge in [-0.25, -0.2) is 4.99 Å². The van der Waals surface area contributed by atoms with Gasteiger partial charge in [0.2, 0.25) is 5.91 Å². The molecule has 2 aromatic carbocycles. The predicted molar refractivity (Wildman–Crippen MR) is 124 cm³/mol. The van der Waals surface area contributed by atoms with Crippen molar-refractivity contribution in [2.75, 3.05) is 0 Å². The molecule has 0 bridgehead atoms. The monoisotopic (exact) mass is 440 g/mol. The second-order valence-corrected chi connectivity index (χ2v) is 7.63. The summed E-state index contributed by atoms with van der Waals surface area (Å²) in [6.07, 6.45) is 2.92. The van der Waals surface area contributed by atoms with Crippen molar-refractivity contribution in [3.8, 4) is 22.4 Å². The fourth-order valence-corrected chi connectivity index (χ4v) is 3.18. The minimum Gasteiger partial charge on any atom is -0.370 e. The van der Waals surface area contributed by atoms with Gasteiger partial charge in [0.15, 0.2) is 5.96 Å². The molecule has 3 N–H and O–H groups in total. The highest BCUT2D eigenvalue weighted by molar-refractivity contribution is 6.31. The third kappa shape index (κ3) is 5.81. The summed E-state index contributed by atoms with van der Waals surface area (Å²) in [5, 5.41) is 3.92. The number of guanidine groups is 1. The molecule has 30 heavy (non-hydrogen) atoms. The van der Waals surface area contributed by atoms with E-state index in [1.165, 1.54) is 0 Å². The third-order valence-electron chi connectivity index (χ3n) is 4.39. The molecule has 0 radical (unpaired) electrons. The van der Waals surface area contributed by atoms with Gasteiger partial charge in [0.05, 0.1) is 12.2 Å². The molecule has 0 spiro atoms. The molecule has 1 aromatic heterocycles. The van der Waals surface area contributed by atoms with Crippen molar-refractivity contribution in [1.82, 2.24) is 10.3 Å². The van der Waals surface area contributed by atoms with Gasteiger partial charge in [-0.3, -0.25) is 15.1 Å². The van der Waals surface area contributed by atoms with E-state index in [0.29, 0.717) is 23.0 Å². The molecule has 154 valence electrons. The van der Waals surface area contributed by atoms with Gasteiger partial charge in [0.1, 0.15) is 0 Å². The fraction of sp³-hybridized carbons (Fsp3) is 0.174. The molecule has 0 atom stereocenters. The SMILES string of the molecule is CCCC(=O)NC(N)=NCc1cnc(-c2ccc(Cl)cc2)c(-c2ccc(Cl)cc2)c1. The van der Waals surface area contributed by atoms with E-state index in [0.717, 1.165) is 34.4 Å². The number of pyridine rings is 1. The molecule has 0 saturated heterocycles. The lowest BCUT2D eigenvalue weighted by molar-refractivity contribution is -0.119. The number of amides is 1. The van der Waals surface area contributed by atoms with Crippen LogP contribution in [0.15, 0.2) is 65.8 Å². The summed E-state index contributed by atoms with van der Waals surface area (Å²) >= 11 is 12.1. The first-order chi connectivity index (χ1) is 14.5. The maximum absolute atomic E-state index is 11.7. The molecule has 7 heteroatoms. The Morgan fingerprint density at radius 1 is 1.03 bits per heavy atom. The van der Waals surface area contributed by atoms with Gasteiger partial charge < -0.3 is 5.73 Å². The summed E-state index contributed by atoms with van der Waals surface area (Å²) < 4.78 is 0. The molecule has 0 aliphatic heterocycles. The summed E-state index contributed by atoms with van der Waals surface area (Å²) in [5.74, 6) is -0.0416. The minimum absolute atomic E-state index is 0.100. The van der Waals surface area contributed by atoms with Crippen LogP contribution in [0.1, 0.15) is 25.3 Å². The number of hydrogen-bond donors (Lipinski definition) is 2. The Hall–Kier alpha value is -2.89. The van der Waals surface area contributed by atoms with Crippen LogP contribution in [-0.2, 0) is 11.3 Å². The molecular formula is C23H22Cl2N4O. The summed E-state index contributed by atoms with van der Waals surface area (Å²) in [7, 11) is 0. The number of aromatic nitrogens is 1. The van der Waals surface area contributed by atoms with Gasteiger partial charge in [0.25, 0.3) is 0 Å². The average molecular weight is 441 g/mol. The maximum atomic E-state index is 11.7. The van der Waals surface area contributed by atoms with Crippen molar-refractivity contribution >= 4 is 35.1 Å². The molecule has 3 aromatic rings. The summed E-state index contributed by atoms with van der Waals surface area (Å²) in [6, 6.07) is 17.1. The first-order valence-corrected chi connectivity index (χ1v) is 10.3. The molecule has 0 aliphatic carbocycles. The molecule has 0 fully saturated rings. The van der Waals surface area contributed by atoms with Gasteiger partial charge in [0, 0.05) is 33.8 Å². The number of halogens is 2. The quantitative estimate of drug-likeness (QED) is 0.394. The lowest BCUT2D eigenvalue weighted by Crippen LogP contribution is -2.36. The Morgan fingerprint density at radius 2 is 1.63 bits per heavy atom. The molecule has 3 rings (SSSR count). The van der Waals surface area contributed by atoms with Crippen molar-refractivity contribution in [3.63, 3.8) is 0 Å². The first-order valence-electron chi connectivity index (χ1n) is 9.57. The smallest absolute Gasteiger partial charge is 0.226 e. The van der Waals surface area contributed by atoms with Crippen LogP contribution in [0.25, 0.3) is 22.4 Å². The number of aliphatic imine (C=N–C) groups is 1. The van der Waals surface area contributed by atoms with Crippen molar-refractivity contribution in [1.29, 1.82) is 0 Å². The largest absolute Gasteiger partial charge is 0.370 e. The fourth-order valence-electron chi connectivity index (χ4n) is 2.93. The van der Waals surface area contributed by atoms with E-state index < -0.39 is 0 Å². The Labute approximate surface area is 186 Å². The number of carbonyl (C=O) groups is 1.